The first-order valence-corrected chi connectivity index (χ1v) is 9.93. The molecule has 0 unspecified atom stereocenters. The Balaban J connectivity index is 1.50. The predicted molar refractivity (Wildman–Crippen MR) is 117 cm³/mol. The second-order valence-electron chi connectivity index (χ2n) is 6.29. The van der Waals surface area contributed by atoms with Crippen LogP contribution in [0.1, 0.15) is 0 Å². The van der Waals surface area contributed by atoms with Crippen molar-refractivity contribution >= 4 is 22.6 Å². The lowest BCUT2D eigenvalue weighted by Crippen LogP contribution is -1.85. The summed E-state index contributed by atoms with van der Waals surface area (Å²) in [5.41, 5.74) is 3.34. The van der Waals surface area contributed by atoms with Crippen molar-refractivity contribution < 1.29 is 8.83 Å². The van der Waals surface area contributed by atoms with Crippen molar-refractivity contribution in [3.63, 3.8) is 0 Å². The third-order valence-electron chi connectivity index (χ3n) is 4.28. The lowest BCUT2D eigenvalue weighted by molar-refractivity contribution is 0.582. The molecule has 0 saturated carbocycles. The third-order valence-corrected chi connectivity index (χ3v) is 4.91. The van der Waals surface area contributed by atoms with Gasteiger partial charge in [-0.15, -0.1) is 20.4 Å². The average molecular weight is 492 g/mol. The first-order valence-electron chi connectivity index (χ1n) is 8.85. The highest BCUT2D eigenvalue weighted by Crippen LogP contribution is 2.30. The van der Waals surface area contributed by atoms with E-state index in [4.69, 9.17) is 8.83 Å². The van der Waals surface area contributed by atoms with Gasteiger partial charge in [0.1, 0.15) is 0 Å². The maximum atomic E-state index is 5.88. The number of nitrogens with zero attached hydrogens (tertiary/aromatic N) is 4. The van der Waals surface area contributed by atoms with Crippen LogP contribution in [0.4, 0.5) is 0 Å². The Morgan fingerprint density at radius 1 is 0.483 bits per heavy atom. The van der Waals surface area contributed by atoms with Gasteiger partial charge < -0.3 is 8.83 Å². The van der Waals surface area contributed by atoms with E-state index in [9.17, 15) is 0 Å². The first-order chi connectivity index (χ1) is 14.3. The van der Waals surface area contributed by atoms with Crippen LogP contribution in [0.3, 0.4) is 0 Å². The number of aromatic nitrogens is 4. The van der Waals surface area contributed by atoms with Crippen LogP contribution in [0.2, 0.25) is 0 Å². The second-order valence-corrected chi connectivity index (χ2v) is 7.53. The number of hydrogen-bond donors (Lipinski definition) is 0. The van der Waals surface area contributed by atoms with E-state index in [1.165, 1.54) is 0 Å². The van der Waals surface area contributed by atoms with Crippen LogP contribution in [0.5, 0.6) is 0 Å². The van der Waals surface area contributed by atoms with Crippen LogP contribution in [-0.2, 0) is 0 Å². The van der Waals surface area contributed by atoms with Crippen LogP contribution < -0.4 is 0 Å². The van der Waals surface area contributed by atoms with Crippen molar-refractivity contribution in [2.75, 3.05) is 0 Å². The largest absolute Gasteiger partial charge is 0.416 e. The van der Waals surface area contributed by atoms with Gasteiger partial charge in [0.15, 0.2) is 0 Å². The lowest BCUT2D eigenvalue weighted by atomic mass is 10.1. The molecule has 0 aliphatic heterocycles. The smallest absolute Gasteiger partial charge is 0.248 e. The fourth-order valence-corrected chi connectivity index (χ4v) is 3.58. The van der Waals surface area contributed by atoms with E-state index in [2.05, 4.69) is 43.0 Å². The molecule has 0 saturated heterocycles. The summed E-state index contributed by atoms with van der Waals surface area (Å²) in [4.78, 5) is 0. The summed E-state index contributed by atoms with van der Waals surface area (Å²) < 4.78 is 12.8. The van der Waals surface area contributed by atoms with Gasteiger partial charge >= 0.3 is 0 Å². The summed E-state index contributed by atoms with van der Waals surface area (Å²) in [5.74, 6) is 1.83. The van der Waals surface area contributed by atoms with E-state index >= 15 is 0 Å². The fraction of sp³-hybridized carbons (Fsp3) is 0. The van der Waals surface area contributed by atoms with Gasteiger partial charge in [-0.3, -0.25) is 0 Å². The molecule has 3 aromatic carbocycles. The highest BCUT2D eigenvalue weighted by molar-refractivity contribution is 14.1. The molecule has 0 amide bonds. The van der Waals surface area contributed by atoms with Crippen molar-refractivity contribution in [3.8, 4) is 45.8 Å². The molecule has 2 aromatic heterocycles. The standard InChI is InChI=1S/C22H13IN4O2/c23-18-12-16(21-26-24-19(28-21)14-7-3-1-4-8-14)11-17(13-18)22-27-25-20(29-22)15-9-5-2-6-10-15/h1-13H. The zero-order chi connectivity index (χ0) is 19.6. The van der Waals surface area contributed by atoms with E-state index in [1.54, 1.807) is 0 Å². The van der Waals surface area contributed by atoms with Gasteiger partial charge in [-0.2, -0.15) is 0 Å². The van der Waals surface area contributed by atoms with Crippen molar-refractivity contribution in [2.24, 2.45) is 0 Å². The Morgan fingerprint density at radius 2 is 0.862 bits per heavy atom. The molecule has 7 heteroatoms. The normalized spacial score (nSPS) is 10.9. The number of rotatable bonds is 4. The summed E-state index contributed by atoms with van der Waals surface area (Å²) in [6.45, 7) is 0. The molecule has 0 spiro atoms. The van der Waals surface area contributed by atoms with Crippen LogP contribution in [0.15, 0.2) is 87.7 Å². The van der Waals surface area contributed by atoms with Crippen molar-refractivity contribution in [1.82, 2.24) is 20.4 Å². The molecule has 5 rings (SSSR count). The van der Waals surface area contributed by atoms with E-state index in [-0.39, 0.29) is 0 Å². The summed E-state index contributed by atoms with van der Waals surface area (Å²) in [6.07, 6.45) is 0. The zero-order valence-corrected chi connectivity index (χ0v) is 17.1. The van der Waals surface area contributed by atoms with Gasteiger partial charge in [0, 0.05) is 25.8 Å². The van der Waals surface area contributed by atoms with Gasteiger partial charge in [-0.05, 0) is 65.1 Å². The van der Waals surface area contributed by atoms with Crippen LogP contribution in [-0.4, -0.2) is 20.4 Å². The van der Waals surface area contributed by atoms with E-state index in [0.717, 1.165) is 25.8 Å². The highest BCUT2D eigenvalue weighted by atomic mass is 127. The Hall–Kier alpha value is -3.33. The SMILES string of the molecule is Ic1cc(-c2nnc(-c3ccccc3)o2)cc(-c2nnc(-c3ccccc3)o2)c1. The molecule has 5 aromatic rings. The molecule has 140 valence electrons. The summed E-state index contributed by atoms with van der Waals surface area (Å²) in [7, 11) is 0. The van der Waals surface area contributed by atoms with Crippen molar-refractivity contribution in [1.29, 1.82) is 0 Å². The number of halogens is 1. The molecule has 2 heterocycles. The van der Waals surface area contributed by atoms with Crippen molar-refractivity contribution in [3.05, 3.63) is 82.4 Å². The molecule has 29 heavy (non-hydrogen) atoms. The summed E-state index contributed by atoms with van der Waals surface area (Å²) in [6, 6.07) is 25.2. The molecule has 0 aliphatic rings. The zero-order valence-electron chi connectivity index (χ0n) is 15.0. The fourth-order valence-electron chi connectivity index (χ4n) is 2.91. The molecule has 0 N–H and O–H groups in total. The molecular formula is C22H13IN4O2. The van der Waals surface area contributed by atoms with Gasteiger partial charge in [0.2, 0.25) is 23.6 Å². The van der Waals surface area contributed by atoms with Crippen LogP contribution >= 0.6 is 22.6 Å². The van der Waals surface area contributed by atoms with Crippen LogP contribution in [0.25, 0.3) is 45.8 Å². The molecule has 0 fully saturated rings. The monoisotopic (exact) mass is 492 g/mol. The van der Waals surface area contributed by atoms with Gasteiger partial charge in [0.05, 0.1) is 0 Å². The minimum Gasteiger partial charge on any atom is -0.416 e. The van der Waals surface area contributed by atoms with Gasteiger partial charge in [0.25, 0.3) is 0 Å². The molecule has 0 aliphatic carbocycles. The van der Waals surface area contributed by atoms with E-state index in [1.807, 2.05) is 78.9 Å². The molecule has 6 nitrogen and oxygen atoms in total. The average Bonchev–Trinajstić information content (AvgIpc) is 3.45. The maximum Gasteiger partial charge on any atom is 0.248 e. The van der Waals surface area contributed by atoms with E-state index in [0.29, 0.717) is 23.6 Å². The van der Waals surface area contributed by atoms with Gasteiger partial charge in [-0.1, -0.05) is 36.4 Å². The maximum absolute atomic E-state index is 5.88. The molecule has 0 atom stereocenters. The molecular weight excluding hydrogens is 479 g/mol. The minimum absolute atomic E-state index is 0.436. The van der Waals surface area contributed by atoms with Gasteiger partial charge in [-0.25, -0.2) is 0 Å². The molecule has 0 radical (unpaired) electrons. The predicted octanol–water partition coefficient (Wildman–Crippen LogP) is 5.73. The minimum atomic E-state index is 0.436. The Bertz CT molecular complexity index is 1170. The third kappa shape index (κ3) is 3.68. The first kappa shape index (κ1) is 17.7. The van der Waals surface area contributed by atoms with E-state index < -0.39 is 0 Å². The number of hydrogen-bond acceptors (Lipinski definition) is 6. The Morgan fingerprint density at radius 3 is 1.28 bits per heavy atom. The summed E-state index contributed by atoms with van der Waals surface area (Å²) in [5, 5.41) is 16.7. The Labute approximate surface area is 179 Å². The van der Waals surface area contributed by atoms with Crippen molar-refractivity contribution in [2.45, 2.75) is 0 Å². The Kier molecular flexibility index (Phi) is 4.65. The number of benzene rings is 3. The van der Waals surface area contributed by atoms with Crippen LogP contribution in [0, 0.1) is 3.57 Å². The lowest BCUT2D eigenvalue weighted by Gasteiger charge is -2.01. The summed E-state index contributed by atoms with van der Waals surface area (Å²) >= 11 is 2.24. The quantitative estimate of drug-likeness (QED) is 0.299. The topological polar surface area (TPSA) is 77.8 Å². The highest BCUT2D eigenvalue weighted by Gasteiger charge is 2.15. The molecule has 0 bridgehead atoms. The second kappa shape index (κ2) is 7.59.